The molecule has 0 aliphatic heterocycles. The SMILES string of the molecule is C=C(C=Cc1ccc(O)c(O)c1)O[C@@H]1C[C@](O)(C(=O)O)C[C@@H](O)[C@H]1O. The van der Waals surface area contributed by atoms with Gasteiger partial charge in [0, 0.05) is 12.8 Å². The Labute approximate surface area is 143 Å². The van der Waals surface area contributed by atoms with Gasteiger partial charge in [0.25, 0.3) is 0 Å². The van der Waals surface area contributed by atoms with Crippen molar-refractivity contribution in [3.8, 4) is 11.5 Å². The van der Waals surface area contributed by atoms with Crippen molar-refractivity contribution in [1.82, 2.24) is 0 Å². The quantitative estimate of drug-likeness (QED) is 0.252. The van der Waals surface area contributed by atoms with E-state index < -0.39 is 42.7 Å². The minimum Gasteiger partial charge on any atom is -0.504 e. The number of benzene rings is 1. The number of phenols is 2. The second kappa shape index (κ2) is 7.14. The van der Waals surface area contributed by atoms with Crippen LogP contribution in [0.4, 0.5) is 0 Å². The van der Waals surface area contributed by atoms with Crippen LogP contribution >= 0.6 is 0 Å². The van der Waals surface area contributed by atoms with Gasteiger partial charge in [0.2, 0.25) is 0 Å². The van der Waals surface area contributed by atoms with Crippen molar-refractivity contribution in [3.63, 3.8) is 0 Å². The highest BCUT2D eigenvalue weighted by Crippen LogP contribution is 2.32. The largest absolute Gasteiger partial charge is 0.504 e. The van der Waals surface area contributed by atoms with Crippen molar-refractivity contribution in [1.29, 1.82) is 0 Å². The summed E-state index contributed by atoms with van der Waals surface area (Å²) in [5.74, 6) is -2.02. The first-order chi connectivity index (χ1) is 11.6. The number of aliphatic hydroxyl groups is 3. The minimum atomic E-state index is -2.20. The summed E-state index contributed by atoms with van der Waals surface area (Å²) >= 11 is 0. The Bertz CT molecular complexity index is 698. The second-order valence-electron chi connectivity index (χ2n) is 6.01. The summed E-state index contributed by atoms with van der Waals surface area (Å²) < 4.78 is 5.37. The molecule has 0 unspecified atom stereocenters. The molecule has 1 saturated carbocycles. The molecule has 1 aromatic carbocycles. The number of aromatic hydroxyl groups is 2. The maximum atomic E-state index is 11.2. The monoisotopic (exact) mass is 352 g/mol. The summed E-state index contributed by atoms with van der Waals surface area (Å²) in [6, 6.07) is 4.13. The average Bonchev–Trinajstić information content (AvgIpc) is 2.53. The summed E-state index contributed by atoms with van der Waals surface area (Å²) in [6.07, 6.45) is -1.98. The molecule has 8 nitrogen and oxygen atoms in total. The lowest BCUT2D eigenvalue weighted by molar-refractivity contribution is -0.188. The summed E-state index contributed by atoms with van der Waals surface area (Å²) in [5.41, 5.74) is -1.66. The number of ether oxygens (including phenoxy) is 1. The van der Waals surface area contributed by atoms with Gasteiger partial charge in [-0.1, -0.05) is 18.7 Å². The molecule has 8 heteroatoms. The zero-order valence-electron chi connectivity index (χ0n) is 13.2. The van der Waals surface area contributed by atoms with E-state index in [-0.39, 0.29) is 17.3 Å². The number of carboxylic acids is 1. The highest BCUT2D eigenvalue weighted by atomic mass is 16.5. The van der Waals surface area contributed by atoms with E-state index in [0.717, 1.165) is 0 Å². The summed E-state index contributed by atoms with van der Waals surface area (Å²) in [4.78, 5) is 11.2. The Balaban J connectivity index is 2.06. The van der Waals surface area contributed by atoms with Crippen molar-refractivity contribution in [2.24, 2.45) is 0 Å². The summed E-state index contributed by atoms with van der Waals surface area (Å²) in [7, 11) is 0. The van der Waals surface area contributed by atoms with E-state index in [1.807, 2.05) is 0 Å². The molecule has 4 atom stereocenters. The number of hydrogen-bond donors (Lipinski definition) is 6. The van der Waals surface area contributed by atoms with E-state index in [9.17, 15) is 30.3 Å². The number of carbonyl (C=O) groups is 1. The van der Waals surface area contributed by atoms with Crippen LogP contribution in [0, 0.1) is 0 Å². The molecule has 0 saturated heterocycles. The normalized spacial score (nSPS) is 29.5. The fourth-order valence-corrected chi connectivity index (χ4v) is 2.60. The molecule has 0 radical (unpaired) electrons. The van der Waals surface area contributed by atoms with Crippen LogP contribution in [0.5, 0.6) is 11.5 Å². The highest BCUT2D eigenvalue weighted by Gasteiger charge is 2.50. The molecule has 1 aromatic rings. The number of phenolic OH excluding ortho intramolecular Hbond substituents is 2. The molecule has 0 bridgehead atoms. The van der Waals surface area contributed by atoms with Gasteiger partial charge in [0.1, 0.15) is 18.0 Å². The molecule has 2 rings (SSSR count). The summed E-state index contributed by atoms with van der Waals surface area (Å²) in [5, 5.41) is 57.5. The Kier molecular flexibility index (Phi) is 5.36. The molecule has 0 heterocycles. The van der Waals surface area contributed by atoms with Crippen molar-refractivity contribution in [2.75, 3.05) is 0 Å². The third-order valence-electron chi connectivity index (χ3n) is 4.02. The summed E-state index contributed by atoms with van der Waals surface area (Å²) in [6.45, 7) is 3.61. The van der Waals surface area contributed by atoms with Crippen LogP contribution in [0.25, 0.3) is 6.08 Å². The zero-order chi connectivity index (χ0) is 18.8. The second-order valence-corrected chi connectivity index (χ2v) is 6.01. The minimum absolute atomic E-state index is 0.0541. The average molecular weight is 352 g/mol. The maximum absolute atomic E-state index is 11.2. The molecular weight excluding hydrogens is 332 g/mol. The van der Waals surface area contributed by atoms with E-state index in [1.54, 1.807) is 0 Å². The first-order valence-electron chi connectivity index (χ1n) is 7.50. The van der Waals surface area contributed by atoms with Gasteiger partial charge >= 0.3 is 5.97 Å². The molecule has 6 N–H and O–H groups in total. The predicted octanol–water partition coefficient (Wildman–Crippen LogP) is 0.341. The molecule has 0 spiro atoms. The van der Waals surface area contributed by atoms with Gasteiger partial charge in [0.15, 0.2) is 17.1 Å². The van der Waals surface area contributed by atoms with Crippen molar-refractivity contribution >= 4 is 12.0 Å². The van der Waals surface area contributed by atoms with E-state index in [0.29, 0.717) is 5.56 Å². The van der Waals surface area contributed by atoms with Crippen LogP contribution in [0.1, 0.15) is 18.4 Å². The Morgan fingerprint density at radius 2 is 1.92 bits per heavy atom. The number of aliphatic hydroxyl groups excluding tert-OH is 2. The maximum Gasteiger partial charge on any atom is 0.335 e. The fraction of sp³-hybridized carbons (Fsp3) is 0.353. The Morgan fingerprint density at radius 3 is 2.52 bits per heavy atom. The van der Waals surface area contributed by atoms with Crippen LogP contribution in [0.15, 0.2) is 36.6 Å². The molecular formula is C17H20O8. The lowest BCUT2D eigenvalue weighted by atomic mass is 9.79. The van der Waals surface area contributed by atoms with Gasteiger partial charge < -0.3 is 35.4 Å². The number of allylic oxidation sites excluding steroid dienone is 1. The first kappa shape index (κ1) is 18.8. The molecule has 1 aliphatic rings. The van der Waals surface area contributed by atoms with Crippen molar-refractivity contribution in [2.45, 2.75) is 36.8 Å². The van der Waals surface area contributed by atoms with E-state index >= 15 is 0 Å². The highest BCUT2D eigenvalue weighted by molar-refractivity contribution is 5.77. The molecule has 0 amide bonds. The van der Waals surface area contributed by atoms with Gasteiger partial charge in [0.05, 0.1) is 6.10 Å². The number of aliphatic carboxylic acids is 1. The Morgan fingerprint density at radius 1 is 1.24 bits per heavy atom. The molecule has 25 heavy (non-hydrogen) atoms. The van der Waals surface area contributed by atoms with Gasteiger partial charge in [-0.05, 0) is 23.8 Å². The van der Waals surface area contributed by atoms with Crippen LogP contribution in [0.2, 0.25) is 0 Å². The number of carboxylic acid groups (broad SMARTS) is 1. The van der Waals surface area contributed by atoms with Crippen LogP contribution in [-0.2, 0) is 9.53 Å². The van der Waals surface area contributed by atoms with E-state index in [4.69, 9.17) is 9.84 Å². The van der Waals surface area contributed by atoms with Crippen LogP contribution in [-0.4, -0.2) is 60.5 Å². The standard InChI is InChI=1S/C17H20O8/c1-9(2-3-10-4-5-11(18)12(19)6-10)25-14-8-17(24,16(22)23)7-13(20)15(14)21/h2-6,13-15,18-21,24H,1,7-8H2,(H,22,23)/t13-,14-,15-,17+/m1/s1. The lowest BCUT2D eigenvalue weighted by Gasteiger charge is -2.39. The topological polar surface area (TPSA) is 148 Å². The van der Waals surface area contributed by atoms with Gasteiger partial charge in [-0.25, -0.2) is 4.79 Å². The molecule has 1 fully saturated rings. The smallest absolute Gasteiger partial charge is 0.335 e. The molecule has 1 aliphatic carbocycles. The third-order valence-corrected chi connectivity index (χ3v) is 4.02. The Hall–Kier alpha value is -2.55. The molecule has 0 aromatic heterocycles. The number of hydrogen-bond acceptors (Lipinski definition) is 7. The van der Waals surface area contributed by atoms with Crippen molar-refractivity contribution < 1.29 is 40.2 Å². The number of rotatable bonds is 5. The van der Waals surface area contributed by atoms with Gasteiger partial charge in [-0.15, -0.1) is 0 Å². The zero-order valence-corrected chi connectivity index (χ0v) is 13.2. The van der Waals surface area contributed by atoms with Gasteiger partial charge in [-0.2, -0.15) is 0 Å². The first-order valence-corrected chi connectivity index (χ1v) is 7.50. The van der Waals surface area contributed by atoms with Crippen LogP contribution < -0.4 is 0 Å². The van der Waals surface area contributed by atoms with Crippen LogP contribution in [0.3, 0.4) is 0 Å². The fourth-order valence-electron chi connectivity index (χ4n) is 2.60. The lowest BCUT2D eigenvalue weighted by Crippen LogP contribution is -2.56. The predicted molar refractivity (Wildman–Crippen MR) is 86.7 cm³/mol. The third kappa shape index (κ3) is 4.30. The van der Waals surface area contributed by atoms with E-state index in [2.05, 4.69) is 6.58 Å². The van der Waals surface area contributed by atoms with Crippen molar-refractivity contribution in [3.05, 3.63) is 42.2 Å². The van der Waals surface area contributed by atoms with Gasteiger partial charge in [-0.3, -0.25) is 0 Å². The molecule has 136 valence electrons. The van der Waals surface area contributed by atoms with E-state index in [1.165, 1.54) is 30.4 Å².